The van der Waals surface area contributed by atoms with E-state index in [9.17, 15) is 18.8 Å². The molecule has 1 heterocycles. The maximum Gasteiger partial charge on any atom is 0.331 e. The molecule has 1 aliphatic heterocycles. The first-order chi connectivity index (χ1) is 14.0. The van der Waals surface area contributed by atoms with Crippen molar-refractivity contribution in [2.45, 2.75) is 0 Å². The van der Waals surface area contributed by atoms with Gasteiger partial charge in [-0.25, -0.2) is 14.0 Å². The third-order valence-electron chi connectivity index (χ3n) is 3.68. The number of nitrogens with one attached hydrogen (secondary N) is 2. The molecule has 3 amide bonds. The summed E-state index contributed by atoms with van der Waals surface area (Å²) in [7, 11) is 0. The Morgan fingerprint density at radius 2 is 1.76 bits per heavy atom. The molecule has 29 heavy (non-hydrogen) atoms. The minimum absolute atomic E-state index is 0.393. The van der Waals surface area contributed by atoms with Crippen molar-refractivity contribution >= 4 is 29.7 Å². The van der Waals surface area contributed by atoms with E-state index in [1.165, 1.54) is 30.3 Å². The maximum atomic E-state index is 12.8. The molecular formula is C20H17FN2O6. The van der Waals surface area contributed by atoms with Gasteiger partial charge in [0.05, 0.1) is 0 Å². The number of urea groups is 1. The molecule has 150 valence electrons. The summed E-state index contributed by atoms with van der Waals surface area (Å²) in [5, 5.41) is 4.51. The van der Waals surface area contributed by atoms with Crippen LogP contribution in [-0.4, -0.2) is 37.7 Å². The van der Waals surface area contributed by atoms with E-state index in [4.69, 9.17) is 14.2 Å². The summed E-state index contributed by atoms with van der Waals surface area (Å²) in [6.07, 6.45) is 2.50. The second-order valence-electron chi connectivity index (χ2n) is 5.85. The van der Waals surface area contributed by atoms with Crippen molar-refractivity contribution in [2.75, 3.05) is 25.1 Å². The van der Waals surface area contributed by atoms with Crippen LogP contribution in [0.2, 0.25) is 0 Å². The van der Waals surface area contributed by atoms with E-state index in [1.54, 1.807) is 18.2 Å². The lowest BCUT2D eigenvalue weighted by molar-refractivity contribution is -0.143. The van der Waals surface area contributed by atoms with E-state index in [-0.39, 0.29) is 0 Å². The molecule has 9 heteroatoms. The Bertz CT molecular complexity index is 942. The predicted octanol–water partition coefficient (Wildman–Crippen LogP) is 2.50. The van der Waals surface area contributed by atoms with Gasteiger partial charge in [0.2, 0.25) is 0 Å². The van der Waals surface area contributed by atoms with Crippen LogP contribution in [0.5, 0.6) is 11.5 Å². The Balaban J connectivity index is 1.42. The summed E-state index contributed by atoms with van der Waals surface area (Å²) < 4.78 is 28.3. The molecule has 0 saturated carbocycles. The molecule has 0 fully saturated rings. The van der Waals surface area contributed by atoms with Gasteiger partial charge in [-0.3, -0.25) is 10.1 Å². The summed E-state index contributed by atoms with van der Waals surface area (Å²) >= 11 is 0. The van der Waals surface area contributed by atoms with Crippen molar-refractivity contribution in [1.29, 1.82) is 0 Å². The number of rotatable bonds is 5. The second-order valence-corrected chi connectivity index (χ2v) is 5.85. The monoisotopic (exact) mass is 400 g/mol. The summed E-state index contributed by atoms with van der Waals surface area (Å²) in [6, 6.07) is 9.47. The number of esters is 1. The van der Waals surface area contributed by atoms with Crippen LogP contribution in [-0.2, 0) is 14.3 Å². The van der Waals surface area contributed by atoms with E-state index in [2.05, 4.69) is 5.32 Å². The fourth-order valence-corrected chi connectivity index (χ4v) is 2.37. The van der Waals surface area contributed by atoms with E-state index in [1.807, 2.05) is 5.32 Å². The van der Waals surface area contributed by atoms with Gasteiger partial charge in [0.15, 0.2) is 18.1 Å². The van der Waals surface area contributed by atoms with Crippen molar-refractivity contribution in [1.82, 2.24) is 5.32 Å². The fourth-order valence-electron chi connectivity index (χ4n) is 2.37. The van der Waals surface area contributed by atoms with Crippen LogP contribution in [0.3, 0.4) is 0 Å². The molecule has 0 unspecified atom stereocenters. The number of amides is 3. The van der Waals surface area contributed by atoms with Gasteiger partial charge in [-0.2, -0.15) is 0 Å². The highest BCUT2D eigenvalue weighted by molar-refractivity contribution is 6.02. The van der Waals surface area contributed by atoms with E-state index >= 15 is 0 Å². The molecule has 0 bridgehead atoms. The van der Waals surface area contributed by atoms with Crippen LogP contribution in [0.4, 0.5) is 14.9 Å². The Hall–Kier alpha value is -3.88. The van der Waals surface area contributed by atoms with E-state index in [0.29, 0.717) is 36.0 Å². The largest absolute Gasteiger partial charge is 0.486 e. The third-order valence-corrected chi connectivity index (χ3v) is 3.68. The number of fused-ring (bicyclic) bond motifs is 1. The van der Waals surface area contributed by atoms with E-state index in [0.717, 1.165) is 6.08 Å². The maximum absolute atomic E-state index is 12.8. The van der Waals surface area contributed by atoms with Gasteiger partial charge in [0, 0.05) is 17.8 Å². The first kappa shape index (κ1) is 19.9. The van der Waals surface area contributed by atoms with Crippen molar-refractivity contribution < 1.29 is 33.0 Å². The summed E-state index contributed by atoms with van der Waals surface area (Å²) in [5.41, 5.74) is 0.991. The van der Waals surface area contributed by atoms with Gasteiger partial charge in [-0.05, 0) is 35.9 Å². The van der Waals surface area contributed by atoms with E-state index < -0.39 is 30.3 Å². The zero-order valence-electron chi connectivity index (χ0n) is 15.1. The SMILES string of the molecule is O=C(COC(=O)/C=C/c1ccc(F)cc1)NC(=O)Nc1ccc2c(c1)OCCO2. The molecule has 0 saturated heterocycles. The topological polar surface area (TPSA) is 103 Å². The fraction of sp³-hybridized carbons (Fsp3) is 0.150. The first-order valence-corrected chi connectivity index (χ1v) is 8.60. The molecule has 0 aromatic heterocycles. The molecule has 3 rings (SSSR count). The number of carbonyl (C=O) groups excluding carboxylic acids is 3. The molecule has 0 atom stereocenters. The molecule has 1 aliphatic rings. The molecule has 0 aliphatic carbocycles. The Morgan fingerprint density at radius 1 is 1.03 bits per heavy atom. The normalized spacial score (nSPS) is 12.3. The molecule has 0 radical (unpaired) electrons. The molecular weight excluding hydrogens is 383 g/mol. The summed E-state index contributed by atoms with van der Waals surface area (Å²) in [5.74, 6) is -0.919. The predicted molar refractivity (Wildman–Crippen MR) is 101 cm³/mol. The minimum Gasteiger partial charge on any atom is -0.486 e. The van der Waals surface area contributed by atoms with Gasteiger partial charge in [-0.15, -0.1) is 0 Å². The van der Waals surface area contributed by atoms with Crippen molar-refractivity contribution in [3.63, 3.8) is 0 Å². The molecule has 2 aromatic carbocycles. The Labute approximate surface area is 165 Å². The van der Waals surface area contributed by atoms with Crippen LogP contribution < -0.4 is 20.1 Å². The van der Waals surface area contributed by atoms with Crippen LogP contribution in [0.1, 0.15) is 5.56 Å². The Morgan fingerprint density at radius 3 is 2.52 bits per heavy atom. The highest BCUT2D eigenvalue weighted by Gasteiger charge is 2.14. The van der Waals surface area contributed by atoms with Crippen molar-refractivity contribution in [3.05, 3.63) is 59.9 Å². The van der Waals surface area contributed by atoms with Crippen molar-refractivity contribution in [2.24, 2.45) is 0 Å². The number of hydrogen-bond acceptors (Lipinski definition) is 6. The van der Waals surface area contributed by atoms with Crippen LogP contribution in [0, 0.1) is 5.82 Å². The van der Waals surface area contributed by atoms with Crippen LogP contribution in [0.25, 0.3) is 6.08 Å². The smallest absolute Gasteiger partial charge is 0.331 e. The zero-order chi connectivity index (χ0) is 20.6. The molecule has 2 aromatic rings. The number of carbonyl (C=O) groups is 3. The van der Waals surface area contributed by atoms with Gasteiger partial charge in [0.25, 0.3) is 5.91 Å². The average molecular weight is 400 g/mol. The number of anilines is 1. The quantitative estimate of drug-likeness (QED) is 0.591. The number of ether oxygens (including phenoxy) is 3. The Kier molecular flexibility index (Phi) is 6.41. The van der Waals surface area contributed by atoms with Crippen molar-refractivity contribution in [3.8, 4) is 11.5 Å². The lowest BCUT2D eigenvalue weighted by Gasteiger charge is -2.19. The van der Waals surface area contributed by atoms with Gasteiger partial charge < -0.3 is 19.5 Å². The highest BCUT2D eigenvalue weighted by Crippen LogP contribution is 2.32. The minimum atomic E-state index is -0.802. The van der Waals surface area contributed by atoms with Gasteiger partial charge in [0.1, 0.15) is 19.0 Å². The van der Waals surface area contributed by atoms with Crippen LogP contribution in [0.15, 0.2) is 48.5 Å². The van der Waals surface area contributed by atoms with Crippen LogP contribution >= 0.6 is 0 Å². The third kappa shape index (κ3) is 6.06. The standard InChI is InChI=1S/C20H17FN2O6/c21-14-4-1-13(2-5-14)3-8-19(25)29-12-18(24)23-20(26)22-15-6-7-16-17(11-15)28-10-9-27-16/h1-8,11H,9-10,12H2,(H2,22,23,24,26)/b8-3+. The zero-order valence-corrected chi connectivity index (χ0v) is 15.1. The number of imide groups is 1. The molecule has 2 N–H and O–H groups in total. The lowest BCUT2D eigenvalue weighted by atomic mass is 10.2. The number of benzene rings is 2. The number of hydrogen-bond donors (Lipinski definition) is 2. The lowest BCUT2D eigenvalue weighted by Crippen LogP contribution is -2.37. The number of halogens is 1. The highest BCUT2D eigenvalue weighted by atomic mass is 19.1. The first-order valence-electron chi connectivity index (χ1n) is 8.60. The van der Waals surface area contributed by atoms with Gasteiger partial charge >= 0.3 is 12.0 Å². The second kappa shape index (κ2) is 9.36. The molecule has 0 spiro atoms. The average Bonchev–Trinajstić information content (AvgIpc) is 2.71. The molecule has 8 nitrogen and oxygen atoms in total. The summed E-state index contributed by atoms with van der Waals surface area (Å²) in [6.45, 7) is 0.218. The van der Waals surface area contributed by atoms with Gasteiger partial charge in [-0.1, -0.05) is 12.1 Å². The summed E-state index contributed by atoms with van der Waals surface area (Å²) in [4.78, 5) is 35.2.